The van der Waals surface area contributed by atoms with Crippen LogP contribution in [0.5, 0.6) is 0 Å². The average Bonchev–Trinajstić information content (AvgIpc) is 2.82. The number of hydrogen-bond acceptors (Lipinski definition) is 5. The molecule has 2 fully saturated rings. The first-order chi connectivity index (χ1) is 11.5. The lowest BCUT2D eigenvalue weighted by atomic mass is 9.63. The van der Waals surface area contributed by atoms with E-state index in [0.29, 0.717) is 6.42 Å². The van der Waals surface area contributed by atoms with E-state index in [9.17, 15) is 4.79 Å². The predicted octanol–water partition coefficient (Wildman–Crippen LogP) is 3.30. The molecule has 0 N–H and O–H groups in total. The van der Waals surface area contributed by atoms with Crippen LogP contribution in [0.25, 0.3) is 0 Å². The predicted molar refractivity (Wildman–Crippen MR) is 97.8 cm³/mol. The molecule has 6 atom stereocenters. The molecule has 6 heteroatoms. The fourth-order valence-corrected chi connectivity index (χ4v) is 6.25. The zero-order valence-corrected chi connectivity index (χ0v) is 17.5. The van der Waals surface area contributed by atoms with Gasteiger partial charge in [0.2, 0.25) is 0 Å². The van der Waals surface area contributed by atoms with Crippen molar-refractivity contribution in [2.75, 3.05) is 7.11 Å². The Labute approximate surface area is 152 Å². The van der Waals surface area contributed by atoms with Gasteiger partial charge in [-0.2, -0.15) is 0 Å². The van der Waals surface area contributed by atoms with E-state index >= 15 is 0 Å². The van der Waals surface area contributed by atoms with Gasteiger partial charge in [0.1, 0.15) is 11.7 Å². The molecule has 0 spiro atoms. The monoisotopic (exact) mass is 368 g/mol. The minimum atomic E-state index is -1.93. The second-order valence-electron chi connectivity index (χ2n) is 9.08. The van der Waals surface area contributed by atoms with E-state index in [4.69, 9.17) is 18.6 Å². The minimum absolute atomic E-state index is 0.0994. The summed E-state index contributed by atoms with van der Waals surface area (Å²) in [5.74, 6) is -0.463. The number of ether oxygens (including phenoxy) is 3. The van der Waals surface area contributed by atoms with Crippen molar-refractivity contribution in [2.45, 2.75) is 83.0 Å². The number of allylic oxidation sites excluding steroid dienone is 2. The van der Waals surface area contributed by atoms with Crippen LogP contribution in [-0.4, -0.2) is 50.9 Å². The Hall–Kier alpha value is -0.533. The molecule has 5 nitrogen and oxygen atoms in total. The maximum atomic E-state index is 12.7. The summed E-state index contributed by atoms with van der Waals surface area (Å²) in [5.41, 5.74) is -0.667. The lowest BCUT2D eigenvalue weighted by Crippen LogP contribution is -2.67. The van der Waals surface area contributed by atoms with Crippen LogP contribution in [0.2, 0.25) is 19.6 Å². The molecule has 0 aromatic rings. The number of hydrogen-bond donors (Lipinski definition) is 0. The summed E-state index contributed by atoms with van der Waals surface area (Å²) in [7, 11) is -0.227. The Kier molecular flexibility index (Phi) is 4.82. The Morgan fingerprint density at radius 2 is 1.96 bits per heavy atom. The van der Waals surface area contributed by atoms with Crippen LogP contribution in [0.15, 0.2) is 12.2 Å². The third-order valence-electron chi connectivity index (χ3n) is 5.68. The van der Waals surface area contributed by atoms with E-state index in [1.165, 1.54) is 0 Å². The molecule has 0 bridgehead atoms. The fourth-order valence-electron chi connectivity index (χ4n) is 4.74. The van der Waals surface area contributed by atoms with Gasteiger partial charge in [0, 0.05) is 18.9 Å². The second kappa shape index (κ2) is 6.27. The zero-order valence-electron chi connectivity index (χ0n) is 16.5. The van der Waals surface area contributed by atoms with Crippen LogP contribution in [0.1, 0.15) is 33.6 Å². The topological polar surface area (TPSA) is 54.0 Å². The Bertz CT molecular complexity index is 567. The highest BCUT2D eigenvalue weighted by molar-refractivity contribution is 6.69. The number of carbonyl (C=O) groups excluding carboxylic acids is 1. The van der Waals surface area contributed by atoms with Gasteiger partial charge in [-0.1, -0.05) is 6.08 Å². The van der Waals surface area contributed by atoms with Gasteiger partial charge >= 0.3 is 0 Å². The number of fused-ring (bicyclic) bond motifs is 3. The molecule has 2 aliphatic carbocycles. The van der Waals surface area contributed by atoms with Gasteiger partial charge in [-0.15, -0.1) is 0 Å². The summed E-state index contributed by atoms with van der Waals surface area (Å²) in [6.45, 7) is 12.4. The maximum absolute atomic E-state index is 12.7. The molecule has 0 aromatic carbocycles. The van der Waals surface area contributed by atoms with Crippen molar-refractivity contribution in [1.29, 1.82) is 0 Å². The van der Waals surface area contributed by atoms with E-state index in [0.717, 1.165) is 6.42 Å². The molecular formula is C19H32O5Si. The first-order valence-corrected chi connectivity index (χ1v) is 12.7. The number of methoxy groups -OCH3 is 1. The lowest BCUT2D eigenvalue weighted by Gasteiger charge is -2.54. The molecule has 1 saturated heterocycles. The summed E-state index contributed by atoms with van der Waals surface area (Å²) in [5, 5.41) is 0. The van der Waals surface area contributed by atoms with Gasteiger partial charge < -0.3 is 18.6 Å². The third kappa shape index (κ3) is 3.39. The molecular weight excluding hydrogens is 336 g/mol. The van der Waals surface area contributed by atoms with Crippen LogP contribution in [-0.2, 0) is 23.4 Å². The Balaban J connectivity index is 2.09. The standard InChI is InChI=1S/C19H32O5Si/c1-12(21-4)19(24-25(5,6)7)11-14-13(9-8-10-15(14)20)16-17(19)23-18(2,3)22-16/h8,10,12-14,16-17H,9,11H2,1-7H3/t12-,13+,14-,16+,17+,19+/m0/s1. The van der Waals surface area contributed by atoms with Gasteiger partial charge in [0.15, 0.2) is 19.9 Å². The molecule has 1 aliphatic heterocycles. The zero-order chi connectivity index (χ0) is 18.6. The van der Waals surface area contributed by atoms with Gasteiger partial charge in [0.25, 0.3) is 0 Å². The summed E-state index contributed by atoms with van der Waals surface area (Å²) in [6.07, 6.45) is 4.59. The Morgan fingerprint density at radius 1 is 1.28 bits per heavy atom. The number of rotatable bonds is 4. The quantitative estimate of drug-likeness (QED) is 0.713. The van der Waals surface area contributed by atoms with E-state index in [1.54, 1.807) is 13.2 Å². The average molecular weight is 369 g/mol. The highest BCUT2D eigenvalue weighted by Gasteiger charge is 2.64. The van der Waals surface area contributed by atoms with Crippen molar-refractivity contribution < 1.29 is 23.4 Å². The van der Waals surface area contributed by atoms with E-state index in [-0.39, 0.29) is 35.9 Å². The Morgan fingerprint density at radius 3 is 2.56 bits per heavy atom. The molecule has 3 aliphatic rings. The van der Waals surface area contributed by atoms with Crippen LogP contribution in [0.4, 0.5) is 0 Å². The van der Waals surface area contributed by atoms with Gasteiger partial charge in [-0.05, 0) is 59.3 Å². The van der Waals surface area contributed by atoms with Crippen molar-refractivity contribution in [1.82, 2.24) is 0 Å². The molecule has 0 radical (unpaired) electrons. The number of ketones is 1. The normalized spacial score (nSPS) is 41.3. The van der Waals surface area contributed by atoms with Gasteiger partial charge in [-0.3, -0.25) is 4.79 Å². The summed E-state index contributed by atoms with van der Waals surface area (Å²) < 4.78 is 25.2. The number of carbonyl (C=O) groups is 1. The fraction of sp³-hybridized carbons (Fsp3) is 0.842. The van der Waals surface area contributed by atoms with Crippen LogP contribution < -0.4 is 0 Å². The first-order valence-electron chi connectivity index (χ1n) is 9.28. The van der Waals surface area contributed by atoms with Gasteiger partial charge in [-0.25, -0.2) is 0 Å². The third-order valence-corrected chi connectivity index (χ3v) is 6.67. The molecule has 142 valence electrons. The van der Waals surface area contributed by atoms with Crippen LogP contribution in [0.3, 0.4) is 0 Å². The van der Waals surface area contributed by atoms with Crippen molar-refractivity contribution in [3.63, 3.8) is 0 Å². The largest absolute Gasteiger partial charge is 0.407 e. The van der Waals surface area contributed by atoms with Crippen molar-refractivity contribution in [3.8, 4) is 0 Å². The minimum Gasteiger partial charge on any atom is -0.407 e. The molecule has 1 saturated carbocycles. The lowest BCUT2D eigenvalue weighted by molar-refractivity contribution is -0.199. The highest BCUT2D eigenvalue weighted by atomic mass is 28.4. The van der Waals surface area contributed by atoms with Crippen molar-refractivity contribution in [3.05, 3.63) is 12.2 Å². The molecule has 0 unspecified atom stereocenters. The van der Waals surface area contributed by atoms with E-state index in [1.807, 2.05) is 26.8 Å². The molecule has 3 rings (SSSR count). The second-order valence-corrected chi connectivity index (χ2v) is 13.5. The van der Waals surface area contributed by atoms with Crippen LogP contribution >= 0.6 is 0 Å². The summed E-state index contributed by atoms with van der Waals surface area (Å²) in [4.78, 5) is 12.7. The highest BCUT2D eigenvalue weighted by Crippen LogP contribution is 2.53. The maximum Gasteiger partial charge on any atom is 0.184 e. The van der Waals surface area contributed by atoms with Crippen molar-refractivity contribution >= 4 is 14.1 Å². The van der Waals surface area contributed by atoms with E-state index in [2.05, 4.69) is 19.6 Å². The van der Waals surface area contributed by atoms with Crippen molar-refractivity contribution in [2.24, 2.45) is 11.8 Å². The van der Waals surface area contributed by atoms with Gasteiger partial charge in [0.05, 0.1) is 12.2 Å². The smallest absolute Gasteiger partial charge is 0.184 e. The molecule has 1 heterocycles. The first kappa shape index (κ1) is 19.2. The summed E-state index contributed by atoms with van der Waals surface area (Å²) in [6, 6.07) is 0. The van der Waals surface area contributed by atoms with Crippen LogP contribution in [0, 0.1) is 11.8 Å². The molecule has 0 aromatic heterocycles. The SMILES string of the molecule is CO[C@@H](C)[C@]1(O[Si](C)(C)C)C[C@@H]2C(=O)C=CC[C@H]2[C@H]2OC(C)(C)O[C@H]21. The summed E-state index contributed by atoms with van der Waals surface area (Å²) >= 11 is 0. The van der Waals surface area contributed by atoms with E-state index < -0.39 is 19.7 Å². The molecule has 25 heavy (non-hydrogen) atoms. The molecule has 0 amide bonds.